The number of rotatable bonds is 5. The molecule has 2 aromatic rings. The van der Waals surface area contributed by atoms with Crippen molar-refractivity contribution in [2.75, 3.05) is 7.11 Å². The Morgan fingerprint density at radius 1 is 1.63 bits per heavy atom. The first kappa shape index (κ1) is 13.8. The summed E-state index contributed by atoms with van der Waals surface area (Å²) in [7, 11) is 1.34. The molecule has 102 valence electrons. The quantitative estimate of drug-likeness (QED) is 0.853. The molecule has 2 rings (SSSR count). The van der Waals surface area contributed by atoms with Gasteiger partial charge in [0.25, 0.3) is 0 Å². The lowest BCUT2D eigenvalue weighted by Gasteiger charge is -2.10. The van der Waals surface area contributed by atoms with Crippen molar-refractivity contribution in [1.29, 1.82) is 0 Å². The van der Waals surface area contributed by atoms with E-state index in [4.69, 9.17) is 4.42 Å². The lowest BCUT2D eigenvalue weighted by atomic mass is 10.2. The van der Waals surface area contributed by atoms with Crippen molar-refractivity contribution >= 4 is 17.3 Å². The summed E-state index contributed by atoms with van der Waals surface area (Å²) in [5.74, 6) is -0.211. The maximum Gasteiger partial charge on any atom is 0.374 e. The third-order valence-corrected chi connectivity index (χ3v) is 3.82. The Balaban J connectivity index is 1.99. The number of methoxy groups -OCH3 is 1. The highest BCUT2D eigenvalue weighted by atomic mass is 32.1. The fraction of sp³-hybridized carbons (Fsp3) is 0.385. The predicted molar refractivity (Wildman–Crippen MR) is 72.2 cm³/mol. The monoisotopic (exact) mass is 280 g/mol. The molecule has 1 atom stereocenters. The summed E-state index contributed by atoms with van der Waals surface area (Å²) in [6.45, 7) is 4.59. The van der Waals surface area contributed by atoms with Crippen molar-refractivity contribution in [3.05, 3.63) is 39.7 Å². The Hall–Kier alpha value is -1.66. The molecule has 0 aliphatic carbocycles. The van der Waals surface area contributed by atoms with Crippen LogP contribution >= 0.6 is 11.3 Å². The Morgan fingerprint density at radius 3 is 3.05 bits per heavy atom. The van der Waals surface area contributed by atoms with Crippen LogP contribution < -0.4 is 5.32 Å². The third kappa shape index (κ3) is 3.21. The smallest absolute Gasteiger partial charge is 0.374 e. The van der Waals surface area contributed by atoms with Crippen molar-refractivity contribution in [3.8, 4) is 0 Å². The number of carbonyl (C=O) groups excluding carboxylic acids is 1. The van der Waals surface area contributed by atoms with E-state index >= 15 is 0 Å². The molecule has 0 aromatic carbocycles. The standard InChI is InChI=1S/C13H16N2O3S/c1-8-6-15-12(19-8)9(2)14-7-10-4-5-18-11(10)13(16)17-3/h4-6,9,14H,7H2,1-3H3. The average Bonchev–Trinajstić information content (AvgIpc) is 3.03. The topological polar surface area (TPSA) is 64.4 Å². The molecule has 19 heavy (non-hydrogen) atoms. The van der Waals surface area contributed by atoms with Gasteiger partial charge in [0.15, 0.2) is 0 Å². The Morgan fingerprint density at radius 2 is 2.42 bits per heavy atom. The number of thiazole rings is 1. The molecule has 1 N–H and O–H groups in total. The van der Waals surface area contributed by atoms with Gasteiger partial charge in [0.2, 0.25) is 5.76 Å². The SMILES string of the molecule is COC(=O)c1occc1CNC(C)c1ncc(C)s1. The van der Waals surface area contributed by atoms with E-state index in [1.165, 1.54) is 18.3 Å². The molecule has 0 aliphatic heterocycles. The van der Waals surface area contributed by atoms with Crippen molar-refractivity contribution in [2.45, 2.75) is 26.4 Å². The lowest BCUT2D eigenvalue weighted by molar-refractivity contribution is 0.0563. The van der Waals surface area contributed by atoms with Gasteiger partial charge in [0.1, 0.15) is 5.01 Å². The van der Waals surface area contributed by atoms with Gasteiger partial charge in [-0.3, -0.25) is 0 Å². The van der Waals surface area contributed by atoms with E-state index in [0.717, 1.165) is 10.6 Å². The summed E-state index contributed by atoms with van der Waals surface area (Å²) in [6.07, 6.45) is 3.34. The van der Waals surface area contributed by atoms with Crippen LogP contribution in [0.3, 0.4) is 0 Å². The van der Waals surface area contributed by atoms with Gasteiger partial charge in [0.05, 0.1) is 19.4 Å². The van der Waals surface area contributed by atoms with Gasteiger partial charge >= 0.3 is 5.97 Å². The second-order valence-electron chi connectivity index (χ2n) is 4.18. The molecule has 2 heterocycles. The molecule has 0 bridgehead atoms. The summed E-state index contributed by atoms with van der Waals surface area (Å²) in [5, 5.41) is 4.34. The average molecular weight is 280 g/mol. The number of nitrogens with zero attached hydrogens (tertiary/aromatic N) is 1. The predicted octanol–water partition coefficient (Wildman–Crippen LogP) is 2.68. The van der Waals surface area contributed by atoms with Gasteiger partial charge in [-0.05, 0) is 19.9 Å². The first-order valence-corrected chi connectivity index (χ1v) is 6.74. The normalized spacial score (nSPS) is 12.4. The number of aromatic nitrogens is 1. The number of nitrogens with one attached hydrogen (secondary N) is 1. The summed E-state index contributed by atoms with van der Waals surface area (Å²) in [4.78, 5) is 17.0. The van der Waals surface area contributed by atoms with Crippen LogP contribution in [-0.2, 0) is 11.3 Å². The highest BCUT2D eigenvalue weighted by Gasteiger charge is 2.17. The second kappa shape index (κ2) is 5.99. The zero-order chi connectivity index (χ0) is 13.8. The molecule has 6 heteroatoms. The van der Waals surface area contributed by atoms with E-state index in [1.807, 2.05) is 20.0 Å². The van der Waals surface area contributed by atoms with Crippen LogP contribution in [0.2, 0.25) is 0 Å². The molecule has 0 fully saturated rings. The molecular formula is C13H16N2O3S. The van der Waals surface area contributed by atoms with E-state index in [0.29, 0.717) is 6.54 Å². The maximum atomic E-state index is 11.5. The van der Waals surface area contributed by atoms with Gasteiger partial charge < -0.3 is 14.5 Å². The van der Waals surface area contributed by atoms with Crippen LogP contribution in [0.5, 0.6) is 0 Å². The summed E-state index contributed by atoms with van der Waals surface area (Å²) in [6, 6.07) is 1.89. The largest absolute Gasteiger partial charge is 0.463 e. The minimum absolute atomic E-state index is 0.124. The fourth-order valence-electron chi connectivity index (χ4n) is 1.67. The van der Waals surface area contributed by atoms with Crippen molar-refractivity contribution in [1.82, 2.24) is 10.3 Å². The van der Waals surface area contributed by atoms with Gasteiger partial charge in [-0.2, -0.15) is 0 Å². The number of esters is 1. The minimum atomic E-state index is -0.459. The molecule has 0 aliphatic rings. The Labute approximate surface area is 115 Å². The van der Waals surface area contributed by atoms with Crippen molar-refractivity contribution < 1.29 is 13.9 Å². The minimum Gasteiger partial charge on any atom is -0.463 e. The van der Waals surface area contributed by atoms with Crippen LogP contribution in [0.15, 0.2) is 22.9 Å². The molecule has 5 nitrogen and oxygen atoms in total. The number of ether oxygens (including phenoxy) is 1. The summed E-state index contributed by atoms with van der Waals surface area (Å²) < 4.78 is 9.79. The van der Waals surface area contributed by atoms with E-state index in [1.54, 1.807) is 17.4 Å². The van der Waals surface area contributed by atoms with Gasteiger partial charge in [-0.1, -0.05) is 0 Å². The first-order chi connectivity index (χ1) is 9.11. The van der Waals surface area contributed by atoms with E-state index < -0.39 is 5.97 Å². The van der Waals surface area contributed by atoms with Crippen LogP contribution in [0.25, 0.3) is 0 Å². The van der Waals surface area contributed by atoms with Crippen molar-refractivity contribution in [3.63, 3.8) is 0 Å². The highest BCUT2D eigenvalue weighted by molar-refractivity contribution is 7.11. The molecule has 2 aromatic heterocycles. The molecule has 0 saturated carbocycles. The zero-order valence-electron chi connectivity index (χ0n) is 11.1. The van der Waals surface area contributed by atoms with Crippen LogP contribution in [0.4, 0.5) is 0 Å². The molecule has 0 amide bonds. The van der Waals surface area contributed by atoms with Crippen LogP contribution in [0.1, 0.15) is 39.0 Å². The van der Waals surface area contributed by atoms with Gasteiger partial charge in [-0.15, -0.1) is 11.3 Å². The molecular weight excluding hydrogens is 264 g/mol. The Bertz CT molecular complexity index is 562. The highest BCUT2D eigenvalue weighted by Crippen LogP contribution is 2.20. The number of aryl methyl sites for hydroxylation is 1. The summed E-state index contributed by atoms with van der Waals surface area (Å²) >= 11 is 1.66. The van der Waals surface area contributed by atoms with Crippen LogP contribution in [-0.4, -0.2) is 18.1 Å². The molecule has 0 radical (unpaired) electrons. The lowest BCUT2D eigenvalue weighted by Crippen LogP contribution is -2.19. The second-order valence-corrected chi connectivity index (χ2v) is 5.44. The fourth-order valence-corrected chi connectivity index (χ4v) is 2.47. The number of hydrogen-bond acceptors (Lipinski definition) is 6. The zero-order valence-corrected chi connectivity index (χ0v) is 11.9. The Kier molecular flexibility index (Phi) is 4.34. The van der Waals surface area contributed by atoms with Gasteiger partial charge in [-0.25, -0.2) is 9.78 Å². The molecule has 1 unspecified atom stereocenters. The number of hydrogen-bond donors (Lipinski definition) is 1. The van der Waals surface area contributed by atoms with E-state index in [9.17, 15) is 4.79 Å². The van der Waals surface area contributed by atoms with E-state index in [2.05, 4.69) is 15.0 Å². The molecule has 0 spiro atoms. The summed E-state index contributed by atoms with van der Waals surface area (Å²) in [5.41, 5.74) is 0.784. The maximum absolute atomic E-state index is 11.5. The van der Waals surface area contributed by atoms with Crippen LogP contribution in [0, 0.1) is 6.92 Å². The molecule has 0 saturated heterocycles. The third-order valence-electron chi connectivity index (χ3n) is 2.73. The van der Waals surface area contributed by atoms with Gasteiger partial charge in [0, 0.05) is 23.2 Å². The van der Waals surface area contributed by atoms with E-state index in [-0.39, 0.29) is 11.8 Å². The first-order valence-electron chi connectivity index (χ1n) is 5.92. The number of carbonyl (C=O) groups is 1. The number of furan rings is 1. The van der Waals surface area contributed by atoms with Crippen molar-refractivity contribution in [2.24, 2.45) is 0 Å².